The van der Waals surface area contributed by atoms with Crippen LogP contribution in [0.5, 0.6) is 11.5 Å². The van der Waals surface area contributed by atoms with Crippen LogP contribution in [0.25, 0.3) is 0 Å². The number of anilines is 2. The molecule has 0 bridgehead atoms. The number of ether oxygens (including phenoxy) is 2. The van der Waals surface area contributed by atoms with E-state index in [4.69, 9.17) is 9.47 Å². The predicted molar refractivity (Wildman–Crippen MR) is 115 cm³/mol. The zero-order valence-electron chi connectivity index (χ0n) is 16.9. The van der Waals surface area contributed by atoms with Gasteiger partial charge in [0.25, 0.3) is 11.8 Å². The summed E-state index contributed by atoms with van der Waals surface area (Å²) in [7, 11) is 0. The molecule has 1 aliphatic rings. The van der Waals surface area contributed by atoms with Crippen molar-refractivity contribution in [2.45, 2.75) is 6.92 Å². The van der Waals surface area contributed by atoms with Gasteiger partial charge in [-0.05, 0) is 55.0 Å². The molecule has 7 heteroatoms. The molecule has 0 fully saturated rings. The van der Waals surface area contributed by atoms with Crippen LogP contribution >= 0.6 is 0 Å². The monoisotopic (exact) mass is 420 g/mol. The number of fused-ring (bicyclic) bond motifs is 1. The molecule has 1 aliphatic heterocycles. The minimum atomic E-state index is -0.483. The molecule has 1 N–H and O–H groups in total. The number of rotatable bonds is 6. The summed E-state index contributed by atoms with van der Waals surface area (Å²) in [5, 5.41) is 2.72. The zero-order chi connectivity index (χ0) is 21.8. The van der Waals surface area contributed by atoms with E-state index in [0.29, 0.717) is 30.3 Å². The molecule has 0 saturated carbocycles. The smallest absolute Gasteiger partial charge is 0.265 e. The van der Waals surface area contributed by atoms with E-state index in [1.165, 1.54) is 24.3 Å². The molecular formula is C24H21FN2O4. The molecule has 0 aromatic heterocycles. The molecule has 0 saturated heterocycles. The first-order valence-electron chi connectivity index (χ1n) is 9.83. The van der Waals surface area contributed by atoms with Crippen molar-refractivity contribution in [2.75, 3.05) is 30.0 Å². The first-order valence-corrected chi connectivity index (χ1v) is 9.83. The molecule has 0 spiro atoms. The van der Waals surface area contributed by atoms with Crippen LogP contribution in [0.2, 0.25) is 0 Å². The number of halogens is 1. The average molecular weight is 420 g/mol. The molecule has 1 heterocycles. The van der Waals surface area contributed by atoms with Crippen molar-refractivity contribution in [2.24, 2.45) is 0 Å². The van der Waals surface area contributed by atoms with Crippen molar-refractivity contribution in [1.29, 1.82) is 0 Å². The maximum atomic E-state index is 13.4. The lowest BCUT2D eigenvalue weighted by Gasteiger charge is -2.29. The molecule has 158 valence electrons. The van der Waals surface area contributed by atoms with Crippen molar-refractivity contribution in [1.82, 2.24) is 0 Å². The van der Waals surface area contributed by atoms with E-state index in [9.17, 15) is 14.0 Å². The molecule has 0 radical (unpaired) electrons. The van der Waals surface area contributed by atoms with Gasteiger partial charge in [0, 0.05) is 17.3 Å². The predicted octanol–water partition coefficient (Wildman–Crippen LogP) is 4.19. The van der Waals surface area contributed by atoms with E-state index in [0.717, 1.165) is 11.3 Å². The van der Waals surface area contributed by atoms with Gasteiger partial charge in [-0.3, -0.25) is 9.59 Å². The Kier molecular flexibility index (Phi) is 5.84. The van der Waals surface area contributed by atoms with Gasteiger partial charge in [0.2, 0.25) is 0 Å². The van der Waals surface area contributed by atoms with Crippen molar-refractivity contribution in [3.63, 3.8) is 0 Å². The number of hydrogen-bond donors (Lipinski definition) is 1. The third-order valence-electron chi connectivity index (χ3n) is 4.82. The fourth-order valence-electron chi connectivity index (χ4n) is 3.32. The highest BCUT2D eigenvalue weighted by atomic mass is 19.1. The van der Waals surface area contributed by atoms with Crippen LogP contribution in [0.1, 0.15) is 15.9 Å². The van der Waals surface area contributed by atoms with Crippen LogP contribution in [-0.4, -0.2) is 31.6 Å². The molecule has 31 heavy (non-hydrogen) atoms. The Morgan fingerprint density at radius 3 is 2.77 bits per heavy atom. The number of benzene rings is 3. The number of carbonyl (C=O) groups excluding carboxylic acids is 2. The lowest BCUT2D eigenvalue weighted by Crippen LogP contribution is -2.41. The van der Waals surface area contributed by atoms with E-state index in [1.807, 2.05) is 31.2 Å². The topological polar surface area (TPSA) is 67.9 Å². The van der Waals surface area contributed by atoms with Crippen molar-refractivity contribution < 1.29 is 23.5 Å². The summed E-state index contributed by atoms with van der Waals surface area (Å²) >= 11 is 0. The Hall–Kier alpha value is -3.87. The SMILES string of the molecule is Cc1cccc(OCCN2C(=O)COc3cc(NC(=O)c4cccc(F)c4)ccc32)c1. The third-order valence-corrected chi connectivity index (χ3v) is 4.82. The maximum absolute atomic E-state index is 13.4. The summed E-state index contributed by atoms with van der Waals surface area (Å²) in [6.45, 7) is 2.57. The van der Waals surface area contributed by atoms with E-state index >= 15 is 0 Å². The number of amides is 2. The molecule has 0 unspecified atom stereocenters. The highest BCUT2D eigenvalue weighted by Gasteiger charge is 2.26. The van der Waals surface area contributed by atoms with Gasteiger partial charge in [0.15, 0.2) is 6.61 Å². The van der Waals surface area contributed by atoms with Crippen LogP contribution in [0.15, 0.2) is 66.7 Å². The van der Waals surface area contributed by atoms with Gasteiger partial charge in [0.1, 0.15) is 23.9 Å². The normalized spacial score (nSPS) is 12.7. The fourth-order valence-corrected chi connectivity index (χ4v) is 3.32. The zero-order valence-corrected chi connectivity index (χ0v) is 16.9. The molecule has 2 amide bonds. The molecule has 3 aromatic carbocycles. The second-order valence-electron chi connectivity index (χ2n) is 7.15. The van der Waals surface area contributed by atoms with Crippen LogP contribution in [0, 0.1) is 12.7 Å². The molecule has 4 rings (SSSR count). The molecule has 3 aromatic rings. The fraction of sp³-hybridized carbons (Fsp3) is 0.167. The molecular weight excluding hydrogens is 399 g/mol. The van der Waals surface area contributed by atoms with Gasteiger partial charge in [-0.25, -0.2) is 4.39 Å². The highest BCUT2D eigenvalue weighted by Crippen LogP contribution is 2.34. The van der Waals surface area contributed by atoms with Crippen LogP contribution in [0.4, 0.5) is 15.8 Å². The van der Waals surface area contributed by atoms with Gasteiger partial charge in [-0.1, -0.05) is 18.2 Å². The highest BCUT2D eigenvalue weighted by molar-refractivity contribution is 6.05. The quantitative estimate of drug-likeness (QED) is 0.649. The second-order valence-corrected chi connectivity index (χ2v) is 7.15. The lowest BCUT2D eigenvalue weighted by molar-refractivity contribution is -0.121. The Morgan fingerprint density at radius 1 is 1.13 bits per heavy atom. The Bertz CT molecular complexity index is 1130. The van der Waals surface area contributed by atoms with Crippen LogP contribution < -0.4 is 19.7 Å². The van der Waals surface area contributed by atoms with Crippen LogP contribution in [-0.2, 0) is 4.79 Å². The van der Waals surface area contributed by atoms with Gasteiger partial charge in [0.05, 0.1) is 12.2 Å². The molecule has 0 atom stereocenters. The van der Waals surface area contributed by atoms with E-state index in [2.05, 4.69) is 5.32 Å². The number of hydrogen-bond acceptors (Lipinski definition) is 4. The number of aryl methyl sites for hydroxylation is 1. The minimum Gasteiger partial charge on any atom is -0.492 e. The Balaban J connectivity index is 1.44. The van der Waals surface area contributed by atoms with Crippen molar-refractivity contribution in [3.05, 3.63) is 83.7 Å². The van der Waals surface area contributed by atoms with Crippen molar-refractivity contribution >= 4 is 23.2 Å². The number of nitrogens with zero attached hydrogens (tertiary/aromatic N) is 1. The second kappa shape index (κ2) is 8.87. The molecule has 0 aliphatic carbocycles. The van der Waals surface area contributed by atoms with Gasteiger partial charge in [-0.15, -0.1) is 0 Å². The van der Waals surface area contributed by atoms with Crippen LogP contribution in [0.3, 0.4) is 0 Å². The Labute approximate surface area is 179 Å². The average Bonchev–Trinajstić information content (AvgIpc) is 2.75. The standard InChI is InChI=1S/C24H21FN2O4/c1-16-4-2-7-20(12-16)30-11-10-27-21-9-8-19(14-22(21)31-15-23(27)28)26-24(29)17-5-3-6-18(25)13-17/h2-9,12-14H,10-11,15H2,1H3,(H,26,29). The van der Waals surface area contributed by atoms with Gasteiger partial charge in [-0.2, -0.15) is 0 Å². The largest absolute Gasteiger partial charge is 0.492 e. The summed E-state index contributed by atoms with van der Waals surface area (Å²) < 4.78 is 24.7. The van der Waals surface area contributed by atoms with Crippen molar-refractivity contribution in [3.8, 4) is 11.5 Å². The van der Waals surface area contributed by atoms with Gasteiger partial charge >= 0.3 is 0 Å². The first kappa shape index (κ1) is 20.4. The van der Waals surface area contributed by atoms with Gasteiger partial charge < -0.3 is 19.7 Å². The Morgan fingerprint density at radius 2 is 1.97 bits per heavy atom. The van der Waals surface area contributed by atoms with E-state index in [1.54, 1.807) is 23.1 Å². The van der Waals surface area contributed by atoms with E-state index in [-0.39, 0.29) is 18.1 Å². The summed E-state index contributed by atoms with van der Waals surface area (Å²) in [6, 6.07) is 18.2. The first-order chi connectivity index (χ1) is 15.0. The third kappa shape index (κ3) is 4.83. The number of nitrogens with one attached hydrogen (secondary N) is 1. The summed E-state index contributed by atoms with van der Waals surface area (Å²) in [5.41, 5.74) is 2.40. The minimum absolute atomic E-state index is 0.0985. The summed E-state index contributed by atoms with van der Waals surface area (Å²) in [5.74, 6) is 0.138. The van der Waals surface area contributed by atoms with E-state index < -0.39 is 11.7 Å². The lowest BCUT2D eigenvalue weighted by atomic mass is 10.1. The summed E-state index contributed by atoms with van der Waals surface area (Å²) in [4.78, 5) is 26.3. The molecule has 6 nitrogen and oxygen atoms in total. The maximum Gasteiger partial charge on any atom is 0.265 e. The number of carbonyl (C=O) groups is 2. The summed E-state index contributed by atoms with van der Waals surface area (Å²) in [6.07, 6.45) is 0.